The molecule has 0 spiro atoms. The summed E-state index contributed by atoms with van der Waals surface area (Å²) in [6.07, 6.45) is 0.908. The highest BCUT2D eigenvalue weighted by Crippen LogP contribution is 2.14. The highest BCUT2D eigenvalue weighted by atomic mass is 16.3. The number of nitrogens with one attached hydrogen (secondary N) is 1. The number of rotatable bonds is 4. The molecule has 0 aliphatic carbocycles. The number of nitrogens with two attached hydrogens (primary N) is 1. The molecule has 0 saturated heterocycles. The Morgan fingerprint density at radius 2 is 2.23 bits per heavy atom. The van der Waals surface area contributed by atoms with Gasteiger partial charge in [-0.05, 0) is 43.1 Å². The summed E-state index contributed by atoms with van der Waals surface area (Å²) >= 11 is 0. The molecule has 3 nitrogen and oxygen atoms in total. The Labute approximate surface area is 78.6 Å². The molecule has 0 aromatic heterocycles. The van der Waals surface area contributed by atoms with Crippen LogP contribution >= 0.6 is 0 Å². The van der Waals surface area contributed by atoms with E-state index in [0.717, 1.165) is 12.1 Å². The molecule has 0 aliphatic heterocycles. The molecule has 0 heterocycles. The number of aliphatic hydroxyl groups excluding tert-OH is 1. The van der Waals surface area contributed by atoms with Crippen molar-refractivity contribution in [3.63, 3.8) is 0 Å². The maximum absolute atomic E-state index is 8.65. The van der Waals surface area contributed by atoms with Crippen molar-refractivity contribution in [3.05, 3.63) is 29.3 Å². The van der Waals surface area contributed by atoms with Gasteiger partial charge in [0, 0.05) is 5.69 Å². The summed E-state index contributed by atoms with van der Waals surface area (Å²) in [5.74, 6) is 0. The van der Waals surface area contributed by atoms with Gasteiger partial charge in [0.25, 0.3) is 0 Å². The van der Waals surface area contributed by atoms with E-state index < -0.39 is 0 Å². The fourth-order valence-electron chi connectivity index (χ4n) is 1.33. The van der Waals surface area contributed by atoms with Crippen LogP contribution in [0.2, 0.25) is 0 Å². The van der Waals surface area contributed by atoms with Gasteiger partial charge in [0.2, 0.25) is 0 Å². The standard InChI is InChI=1S/C10H16N2O/c1-8-6-10(12-7-13)3-2-9(8)4-5-11/h2-3,6,12-13H,4-5,7,11H2,1H3. The van der Waals surface area contributed by atoms with Crippen LogP contribution in [0.25, 0.3) is 0 Å². The van der Waals surface area contributed by atoms with Crippen LogP contribution in [-0.4, -0.2) is 18.4 Å². The predicted molar refractivity (Wildman–Crippen MR) is 54.6 cm³/mol. The van der Waals surface area contributed by atoms with Crippen molar-refractivity contribution in [1.29, 1.82) is 0 Å². The average molecular weight is 180 g/mol. The third-order valence-electron chi connectivity index (χ3n) is 2.04. The van der Waals surface area contributed by atoms with Gasteiger partial charge in [0.1, 0.15) is 6.73 Å². The van der Waals surface area contributed by atoms with E-state index in [4.69, 9.17) is 10.8 Å². The quantitative estimate of drug-likeness (QED) is 0.602. The molecular weight excluding hydrogens is 164 g/mol. The topological polar surface area (TPSA) is 58.3 Å². The number of anilines is 1. The fourth-order valence-corrected chi connectivity index (χ4v) is 1.33. The van der Waals surface area contributed by atoms with Crippen molar-refractivity contribution >= 4 is 5.69 Å². The van der Waals surface area contributed by atoms with Crippen LogP contribution in [0.15, 0.2) is 18.2 Å². The minimum atomic E-state index is -0.0321. The lowest BCUT2D eigenvalue weighted by atomic mass is 10.1. The van der Waals surface area contributed by atoms with Gasteiger partial charge in [0.05, 0.1) is 0 Å². The zero-order valence-corrected chi connectivity index (χ0v) is 7.88. The molecule has 1 aromatic rings. The molecule has 0 amide bonds. The number of hydrogen-bond donors (Lipinski definition) is 3. The van der Waals surface area contributed by atoms with E-state index in [2.05, 4.69) is 5.32 Å². The minimum absolute atomic E-state index is 0.0321. The maximum Gasteiger partial charge on any atom is 0.113 e. The summed E-state index contributed by atoms with van der Waals surface area (Å²) in [7, 11) is 0. The first-order chi connectivity index (χ1) is 6.27. The Bertz CT molecular complexity index is 274. The van der Waals surface area contributed by atoms with Gasteiger partial charge in [-0.1, -0.05) is 6.07 Å². The third kappa shape index (κ3) is 2.72. The monoisotopic (exact) mass is 180 g/mol. The Morgan fingerprint density at radius 3 is 2.77 bits per heavy atom. The Morgan fingerprint density at radius 1 is 1.46 bits per heavy atom. The lowest BCUT2D eigenvalue weighted by Gasteiger charge is -2.07. The molecule has 4 N–H and O–H groups in total. The Balaban J connectivity index is 2.79. The maximum atomic E-state index is 8.65. The fraction of sp³-hybridized carbons (Fsp3) is 0.400. The summed E-state index contributed by atoms with van der Waals surface area (Å²) in [6, 6.07) is 6.01. The largest absolute Gasteiger partial charge is 0.377 e. The zero-order valence-electron chi connectivity index (χ0n) is 7.88. The van der Waals surface area contributed by atoms with Gasteiger partial charge in [-0.3, -0.25) is 0 Å². The second-order valence-corrected chi connectivity index (χ2v) is 3.01. The zero-order chi connectivity index (χ0) is 9.68. The highest BCUT2D eigenvalue weighted by Gasteiger charge is 1.98. The van der Waals surface area contributed by atoms with Crippen molar-refractivity contribution in [2.75, 3.05) is 18.6 Å². The normalized spacial score (nSPS) is 10.1. The van der Waals surface area contributed by atoms with Gasteiger partial charge >= 0.3 is 0 Å². The van der Waals surface area contributed by atoms with Crippen LogP contribution in [0.5, 0.6) is 0 Å². The number of hydrogen-bond acceptors (Lipinski definition) is 3. The summed E-state index contributed by atoms with van der Waals surface area (Å²) < 4.78 is 0. The summed E-state index contributed by atoms with van der Waals surface area (Å²) in [5.41, 5.74) is 8.90. The first kappa shape index (κ1) is 10.0. The van der Waals surface area contributed by atoms with Gasteiger partial charge in [0.15, 0.2) is 0 Å². The van der Waals surface area contributed by atoms with E-state index in [9.17, 15) is 0 Å². The number of aryl methyl sites for hydroxylation is 1. The second-order valence-electron chi connectivity index (χ2n) is 3.01. The van der Waals surface area contributed by atoms with Gasteiger partial charge in [-0.2, -0.15) is 0 Å². The lowest BCUT2D eigenvalue weighted by Crippen LogP contribution is -2.05. The van der Waals surface area contributed by atoms with Crippen molar-refractivity contribution in [2.45, 2.75) is 13.3 Å². The van der Waals surface area contributed by atoms with Crippen LogP contribution in [-0.2, 0) is 6.42 Å². The molecule has 3 heteroatoms. The van der Waals surface area contributed by atoms with Gasteiger partial charge < -0.3 is 16.2 Å². The molecule has 0 radical (unpaired) electrons. The van der Waals surface area contributed by atoms with Crippen LogP contribution in [0.1, 0.15) is 11.1 Å². The van der Waals surface area contributed by atoms with Gasteiger partial charge in [-0.15, -0.1) is 0 Å². The second kappa shape index (κ2) is 4.84. The summed E-state index contributed by atoms with van der Waals surface area (Å²) in [4.78, 5) is 0. The first-order valence-corrected chi connectivity index (χ1v) is 4.42. The molecular formula is C10H16N2O. The van der Waals surface area contributed by atoms with E-state index in [1.165, 1.54) is 11.1 Å². The molecule has 72 valence electrons. The number of benzene rings is 1. The molecule has 0 bridgehead atoms. The van der Waals surface area contributed by atoms with E-state index >= 15 is 0 Å². The van der Waals surface area contributed by atoms with Crippen molar-refractivity contribution < 1.29 is 5.11 Å². The Kier molecular flexibility index (Phi) is 3.73. The molecule has 0 atom stereocenters. The first-order valence-electron chi connectivity index (χ1n) is 4.42. The van der Waals surface area contributed by atoms with Crippen molar-refractivity contribution in [3.8, 4) is 0 Å². The minimum Gasteiger partial charge on any atom is -0.377 e. The molecule has 1 rings (SSSR count). The lowest BCUT2D eigenvalue weighted by molar-refractivity contribution is 0.325. The van der Waals surface area contributed by atoms with E-state index in [1.54, 1.807) is 0 Å². The van der Waals surface area contributed by atoms with Crippen LogP contribution in [0.3, 0.4) is 0 Å². The Hall–Kier alpha value is -1.06. The molecule has 0 saturated carbocycles. The molecule has 13 heavy (non-hydrogen) atoms. The molecule has 0 unspecified atom stereocenters. The van der Waals surface area contributed by atoms with E-state index in [1.807, 2.05) is 25.1 Å². The van der Waals surface area contributed by atoms with E-state index in [0.29, 0.717) is 6.54 Å². The molecule has 0 fully saturated rings. The summed E-state index contributed by atoms with van der Waals surface area (Å²) in [5, 5.41) is 11.5. The smallest absolute Gasteiger partial charge is 0.113 e. The van der Waals surface area contributed by atoms with Crippen molar-refractivity contribution in [2.24, 2.45) is 5.73 Å². The number of aliphatic hydroxyl groups is 1. The van der Waals surface area contributed by atoms with Crippen LogP contribution in [0, 0.1) is 6.92 Å². The molecule has 0 aliphatic rings. The van der Waals surface area contributed by atoms with Crippen LogP contribution in [0.4, 0.5) is 5.69 Å². The van der Waals surface area contributed by atoms with Crippen LogP contribution < -0.4 is 11.1 Å². The predicted octanol–water partition coefficient (Wildman–Crippen LogP) is 0.858. The third-order valence-corrected chi connectivity index (χ3v) is 2.04. The van der Waals surface area contributed by atoms with Crippen molar-refractivity contribution in [1.82, 2.24) is 0 Å². The van der Waals surface area contributed by atoms with E-state index in [-0.39, 0.29) is 6.73 Å². The SMILES string of the molecule is Cc1cc(NCO)ccc1CCN. The molecule has 1 aromatic carbocycles. The average Bonchev–Trinajstić information content (AvgIpc) is 2.10. The van der Waals surface area contributed by atoms with Gasteiger partial charge in [-0.25, -0.2) is 0 Å². The summed E-state index contributed by atoms with van der Waals surface area (Å²) in [6.45, 7) is 2.69. The highest BCUT2D eigenvalue weighted by molar-refractivity contribution is 5.48.